The summed E-state index contributed by atoms with van der Waals surface area (Å²) in [5.74, 6) is -0.287. The van der Waals surface area contributed by atoms with E-state index < -0.39 is 5.91 Å². The van der Waals surface area contributed by atoms with E-state index in [4.69, 9.17) is 5.73 Å². The molecular formula is C19H30N4O2. The summed E-state index contributed by atoms with van der Waals surface area (Å²) in [6.07, 6.45) is 3.41. The predicted molar refractivity (Wildman–Crippen MR) is 102 cm³/mol. The van der Waals surface area contributed by atoms with Crippen molar-refractivity contribution < 1.29 is 9.59 Å². The van der Waals surface area contributed by atoms with Crippen LogP contribution in [0.2, 0.25) is 0 Å². The third kappa shape index (κ3) is 4.72. The molecule has 1 atom stereocenters. The molecule has 1 aliphatic heterocycles. The van der Waals surface area contributed by atoms with Gasteiger partial charge in [0, 0.05) is 18.8 Å². The largest absolute Gasteiger partial charge is 0.371 e. The van der Waals surface area contributed by atoms with Crippen LogP contribution < -0.4 is 16.0 Å². The topological polar surface area (TPSA) is 78.7 Å². The molecule has 0 aromatic heterocycles. The second-order valence-corrected chi connectivity index (χ2v) is 7.29. The summed E-state index contributed by atoms with van der Waals surface area (Å²) >= 11 is 0. The number of nitrogens with two attached hydrogens (primary N) is 1. The van der Waals surface area contributed by atoms with Crippen molar-refractivity contribution in [3.63, 3.8) is 0 Å². The molecule has 1 saturated heterocycles. The predicted octanol–water partition coefficient (Wildman–Crippen LogP) is 2.30. The Labute approximate surface area is 150 Å². The summed E-state index contributed by atoms with van der Waals surface area (Å²) in [4.78, 5) is 28.5. The van der Waals surface area contributed by atoms with E-state index >= 15 is 0 Å². The van der Waals surface area contributed by atoms with Crippen LogP contribution in [0.25, 0.3) is 0 Å². The molecular weight excluding hydrogens is 316 g/mol. The minimum Gasteiger partial charge on any atom is -0.371 e. The van der Waals surface area contributed by atoms with Gasteiger partial charge in [-0.1, -0.05) is 13.8 Å². The number of primary amides is 1. The average molecular weight is 346 g/mol. The Hall–Kier alpha value is -2.08. The second kappa shape index (κ2) is 8.34. The fourth-order valence-corrected chi connectivity index (χ4v) is 3.56. The van der Waals surface area contributed by atoms with Crippen molar-refractivity contribution in [3.8, 4) is 0 Å². The van der Waals surface area contributed by atoms with Crippen molar-refractivity contribution in [1.82, 2.24) is 4.90 Å². The quantitative estimate of drug-likeness (QED) is 0.828. The van der Waals surface area contributed by atoms with Crippen LogP contribution in [0.5, 0.6) is 0 Å². The van der Waals surface area contributed by atoms with Gasteiger partial charge in [-0.2, -0.15) is 0 Å². The highest BCUT2D eigenvalue weighted by atomic mass is 16.2. The van der Waals surface area contributed by atoms with Gasteiger partial charge in [0.2, 0.25) is 5.91 Å². The standard InChI is InChI=1S/C19H30N4O2/c1-13(2)17(22(3)4)19(25)21-14-8-9-15(18(20)24)16(12-14)23-10-6-5-7-11-23/h8-9,12-13,17H,5-7,10-11H2,1-4H3,(H2,20,24)(H,21,25). The lowest BCUT2D eigenvalue weighted by Gasteiger charge is -2.31. The first kappa shape index (κ1) is 19.2. The van der Waals surface area contributed by atoms with Crippen LogP contribution in [-0.2, 0) is 4.79 Å². The van der Waals surface area contributed by atoms with Crippen molar-refractivity contribution >= 4 is 23.2 Å². The smallest absolute Gasteiger partial charge is 0.250 e. The maximum Gasteiger partial charge on any atom is 0.250 e. The molecule has 0 aliphatic carbocycles. The van der Waals surface area contributed by atoms with Gasteiger partial charge in [-0.3, -0.25) is 14.5 Å². The van der Waals surface area contributed by atoms with Gasteiger partial charge in [0.05, 0.1) is 17.3 Å². The monoisotopic (exact) mass is 346 g/mol. The summed E-state index contributed by atoms with van der Waals surface area (Å²) < 4.78 is 0. The number of carbonyl (C=O) groups is 2. The summed E-state index contributed by atoms with van der Waals surface area (Å²) in [5.41, 5.74) is 7.56. The molecule has 3 N–H and O–H groups in total. The number of nitrogens with one attached hydrogen (secondary N) is 1. The number of hydrogen-bond donors (Lipinski definition) is 2. The molecule has 1 fully saturated rings. The van der Waals surface area contributed by atoms with Crippen LogP contribution >= 0.6 is 0 Å². The summed E-state index contributed by atoms with van der Waals surface area (Å²) in [6.45, 7) is 5.87. The molecule has 0 saturated carbocycles. The molecule has 6 nitrogen and oxygen atoms in total. The maximum absolute atomic E-state index is 12.6. The van der Waals surface area contributed by atoms with Gasteiger partial charge in [-0.15, -0.1) is 0 Å². The Morgan fingerprint density at radius 1 is 1.16 bits per heavy atom. The Morgan fingerprint density at radius 3 is 2.32 bits per heavy atom. The van der Waals surface area contributed by atoms with Crippen LogP contribution in [0.3, 0.4) is 0 Å². The molecule has 1 aromatic carbocycles. The van der Waals surface area contributed by atoms with Crippen molar-refractivity contribution in [2.45, 2.75) is 39.2 Å². The van der Waals surface area contributed by atoms with Crippen LogP contribution in [-0.4, -0.2) is 49.9 Å². The Kier molecular flexibility index (Phi) is 6.42. The lowest BCUT2D eigenvalue weighted by molar-refractivity contribution is -0.121. The lowest BCUT2D eigenvalue weighted by Crippen LogP contribution is -2.43. The van der Waals surface area contributed by atoms with E-state index in [2.05, 4.69) is 10.2 Å². The number of anilines is 2. The zero-order valence-corrected chi connectivity index (χ0v) is 15.7. The Bertz CT molecular complexity index is 614. The minimum atomic E-state index is -0.438. The van der Waals surface area contributed by atoms with E-state index in [9.17, 15) is 9.59 Å². The van der Waals surface area contributed by atoms with Crippen molar-refractivity contribution in [1.29, 1.82) is 0 Å². The number of likely N-dealkylation sites (N-methyl/N-ethyl adjacent to an activating group) is 1. The van der Waals surface area contributed by atoms with Crippen molar-refractivity contribution in [2.24, 2.45) is 11.7 Å². The highest BCUT2D eigenvalue weighted by Gasteiger charge is 2.25. The third-order valence-corrected chi connectivity index (χ3v) is 4.68. The fraction of sp³-hybridized carbons (Fsp3) is 0.579. The molecule has 0 radical (unpaired) electrons. The average Bonchev–Trinajstić information content (AvgIpc) is 2.54. The molecule has 1 heterocycles. The highest BCUT2D eigenvalue weighted by Crippen LogP contribution is 2.28. The van der Waals surface area contributed by atoms with Crippen LogP contribution in [0.4, 0.5) is 11.4 Å². The lowest BCUT2D eigenvalue weighted by atomic mass is 10.0. The van der Waals surface area contributed by atoms with Crippen molar-refractivity contribution in [2.75, 3.05) is 37.4 Å². The molecule has 0 bridgehead atoms. The van der Waals surface area contributed by atoms with E-state index in [1.54, 1.807) is 12.1 Å². The van der Waals surface area contributed by atoms with Gasteiger partial charge in [0.25, 0.3) is 5.91 Å². The molecule has 1 aliphatic rings. The van der Waals surface area contributed by atoms with Crippen LogP contribution in [0.1, 0.15) is 43.5 Å². The number of rotatable bonds is 6. The van der Waals surface area contributed by atoms with Crippen molar-refractivity contribution in [3.05, 3.63) is 23.8 Å². The van der Waals surface area contributed by atoms with E-state index in [1.165, 1.54) is 6.42 Å². The number of piperidine rings is 1. The van der Waals surface area contributed by atoms with E-state index in [0.29, 0.717) is 11.3 Å². The number of benzene rings is 1. The zero-order valence-electron chi connectivity index (χ0n) is 15.7. The Balaban J connectivity index is 2.27. The van der Waals surface area contributed by atoms with Gasteiger partial charge >= 0.3 is 0 Å². The van der Waals surface area contributed by atoms with Gasteiger partial charge in [0.15, 0.2) is 0 Å². The van der Waals surface area contributed by atoms with Crippen LogP contribution in [0.15, 0.2) is 18.2 Å². The molecule has 138 valence electrons. The highest BCUT2D eigenvalue weighted by molar-refractivity contribution is 6.01. The number of amides is 2. The number of nitrogens with zero attached hydrogens (tertiary/aromatic N) is 2. The molecule has 1 aromatic rings. The van der Waals surface area contributed by atoms with E-state index in [1.807, 2.05) is 38.9 Å². The first-order valence-electron chi connectivity index (χ1n) is 8.97. The Morgan fingerprint density at radius 2 is 1.80 bits per heavy atom. The maximum atomic E-state index is 12.6. The number of hydrogen-bond acceptors (Lipinski definition) is 4. The molecule has 1 unspecified atom stereocenters. The normalized spacial score (nSPS) is 16.2. The van der Waals surface area contributed by atoms with Gasteiger partial charge in [-0.25, -0.2) is 0 Å². The first-order valence-corrected chi connectivity index (χ1v) is 8.97. The SMILES string of the molecule is CC(C)C(C(=O)Nc1ccc(C(N)=O)c(N2CCCCC2)c1)N(C)C. The molecule has 6 heteroatoms. The van der Waals surface area contributed by atoms with E-state index in [0.717, 1.165) is 31.6 Å². The zero-order chi connectivity index (χ0) is 18.6. The third-order valence-electron chi connectivity index (χ3n) is 4.68. The molecule has 0 spiro atoms. The fourth-order valence-electron chi connectivity index (χ4n) is 3.56. The minimum absolute atomic E-state index is 0.0450. The second-order valence-electron chi connectivity index (χ2n) is 7.29. The van der Waals surface area contributed by atoms with Crippen LogP contribution in [0, 0.1) is 5.92 Å². The molecule has 2 amide bonds. The van der Waals surface area contributed by atoms with Gasteiger partial charge in [0.1, 0.15) is 0 Å². The first-order chi connectivity index (χ1) is 11.8. The van der Waals surface area contributed by atoms with E-state index in [-0.39, 0.29) is 17.9 Å². The summed E-state index contributed by atoms with van der Waals surface area (Å²) in [5, 5.41) is 2.99. The summed E-state index contributed by atoms with van der Waals surface area (Å²) in [7, 11) is 3.80. The summed E-state index contributed by atoms with van der Waals surface area (Å²) in [6, 6.07) is 5.12. The van der Waals surface area contributed by atoms with Gasteiger partial charge in [-0.05, 0) is 57.5 Å². The number of carbonyl (C=O) groups excluding carboxylic acids is 2. The van der Waals surface area contributed by atoms with Gasteiger partial charge < -0.3 is 16.0 Å². The molecule has 25 heavy (non-hydrogen) atoms. The molecule has 2 rings (SSSR count).